The molecule has 0 bridgehead atoms. The zero-order valence-corrected chi connectivity index (χ0v) is 19.5. The molecular formula is C26H34N4O3. The van der Waals surface area contributed by atoms with Gasteiger partial charge in [-0.15, -0.1) is 0 Å². The summed E-state index contributed by atoms with van der Waals surface area (Å²) in [7, 11) is 0. The highest BCUT2D eigenvalue weighted by Gasteiger charge is 2.44. The highest BCUT2D eigenvalue weighted by Crippen LogP contribution is 2.49. The number of rotatable bonds is 9. The van der Waals surface area contributed by atoms with E-state index in [1.54, 1.807) is 12.4 Å². The first-order chi connectivity index (χ1) is 15.9. The lowest BCUT2D eigenvalue weighted by Crippen LogP contribution is -2.40. The second kappa shape index (κ2) is 10.3. The zero-order valence-electron chi connectivity index (χ0n) is 19.5. The van der Waals surface area contributed by atoms with E-state index in [4.69, 9.17) is 0 Å². The molecule has 7 heteroatoms. The summed E-state index contributed by atoms with van der Waals surface area (Å²) in [5.41, 5.74) is 3.55. The van der Waals surface area contributed by atoms with Crippen molar-refractivity contribution >= 4 is 23.3 Å². The maximum absolute atomic E-state index is 12.9. The van der Waals surface area contributed by atoms with E-state index < -0.39 is 5.97 Å². The van der Waals surface area contributed by atoms with Crippen LogP contribution < -0.4 is 10.2 Å². The molecule has 1 aromatic heterocycles. The molecule has 0 aliphatic heterocycles. The number of anilines is 2. The minimum Gasteiger partial charge on any atom is -0.481 e. The molecule has 0 radical (unpaired) electrons. The first kappa shape index (κ1) is 23.2. The number of aromatic nitrogens is 2. The fraction of sp³-hybridized carbons (Fsp3) is 0.538. The van der Waals surface area contributed by atoms with Gasteiger partial charge in [0.1, 0.15) is 6.33 Å². The SMILES string of the molecule is CC(C)CN(c1ccc([C@@H]2C[C@@H]2C(=O)O)cc1NC(=O)Cc1cncnc1)C1CCCCC1. The molecule has 2 aromatic rings. The third-order valence-corrected chi connectivity index (χ3v) is 6.70. The number of nitrogens with one attached hydrogen (secondary N) is 1. The highest BCUT2D eigenvalue weighted by molar-refractivity contribution is 5.96. The Balaban J connectivity index is 1.63. The molecule has 2 aliphatic carbocycles. The fourth-order valence-electron chi connectivity index (χ4n) is 5.00. The van der Waals surface area contributed by atoms with E-state index in [-0.39, 0.29) is 24.2 Å². The standard InChI is InChI=1S/C26H34N4O3/c1-17(2)15-30(20-6-4-3-5-7-20)24-9-8-19(21-12-22(21)26(32)33)11-23(24)29-25(31)10-18-13-27-16-28-14-18/h8-9,11,13-14,16-17,20-22H,3-7,10,12,15H2,1-2H3,(H,29,31)(H,32,33)/t21-,22-/m0/s1. The van der Waals surface area contributed by atoms with Gasteiger partial charge in [-0.1, -0.05) is 39.2 Å². The number of carboxylic acids is 1. The number of hydrogen-bond donors (Lipinski definition) is 2. The van der Waals surface area contributed by atoms with Gasteiger partial charge in [0.05, 0.1) is 23.7 Å². The van der Waals surface area contributed by atoms with Crippen LogP contribution in [0.2, 0.25) is 0 Å². The summed E-state index contributed by atoms with van der Waals surface area (Å²) in [4.78, 5) is 34.8. The first-order valence-electron chi connectivity index (χ1n) is 12.1. The molecule has 0 saturated heterocycles. The number of hydrogen-bond acceptors (Lipinski definition) is 5. The second-order valence-electron chi connectivity index (χ2n) is 9.87. The molecule has 2 saturated carbocycles. The molecule has 1 aromatic carbocycles. The molecule has 33 heavy (non-hydrogen) atoms. The Morgan fingerprint density at radius 3 is 2.52 bits per heavy atom. The van der Waals surface area contributed by atoms with Gasteiger partial charge in [-0.25, -0.2) is 9.97 Å². The van der Waals surface area contributed by atoms with E-state index in [0.717, 1.165) is 41.9 Å². The van der Waals surface area contributed by atoms with Crippen molar-refractivity contribution < 1.29 is 14.7 Å². The van der Waals surface area contributed by atoms with Crippen LogP contribution in [-0.4, -0.2) is 39.5 Å². The normalized spacial score (nSPS) is 20.5. The van der Waals surface area contributed by atoms with Crippen molar-refractivity contribution in [3.63, 3.8) is 0 Å². The number of amides is 1. The van der Waals surface area contributed by atoms with Crippen LogP contribution in [-0.2, 0) is 16.0 Å². The van der Waals surface area contributed by atoms with Gasteiger partial charge in [0.25, 0.3) is 0 Å². The van der Waals surface area contributed by atoms with Crippen molar-refractivity contribution in [3.8, 4) is 0 Å². The average Bonchev–Trinajstić information content (AvgIpc) is 3.60. The van der Waals surface area contributed by atoms with Crippen LogP contribution in [0.15, 0.2) is 36.9 Å². The second-order valence-corrected chi connectivity index (χ2v) is 9.87. The van der Waals surface area contributed by atoms with Crippen LogP contribution in [0.4, 0.5) is 11.4 Å². The Labute approximate surface area is 195 Å². The third kappa shape index (κ3) is 5.89. The average molecular weight is 451 g/mol. The fourth-order valence-corrected chi connectivity index (χ4v) is 5.00. The number of carbonyl (C=O) groups is 2. The molecule has 0 spiro atoms. The summed E-state index contributed by atoms with van der Waals surface area (Å²) in [6.07, 6.45) is 11.7. The van der Waals surface area contributed by atoms with Crippen molar-refractivity contribution in [2.75, 3.05) is 16.8 Å². The van der Waals surface area contributed by atoms with Gasteiger partial charge < -0.3 is 15.3 Å². The molecule has 176 valence electrons. The van der Waals surface area contributed by atoms with E-state index in [1.165, 1.54) is 25.6 Å². The maximum atomic E-state index is 12.9. The Morgan fingerprint density at radius 1 is 1.15 bits per heavy atom. The van der Waals surface area contributed by atoms with Gasteiger partial charge in [-0.05, 0) is 54.4 Å². The maximum Gasteiger partial charge on any atom is 0.307 e. The lowest BCUT2D eigenvalue weighted by Gasteiger charge is -2.38. The molecule has 7 nitrogen and oxygen atoms in total. The Kier molecular flexibility index (Phi) is 7.26. The van der Waals surface area contributed by atoms with Crippen molar-refractivity contribution in [3.05, 3.63) is 48.0 Å². The van der Waals surface area contributed by atoms with E-state index in [2.05, 4.69) is 46.2 Å². The van der Waals surface area contributed by atoms with Crippen molar-refractivity contribution in [1.29, 1.82) is 0 Å². The van der Waals surface area contributed by atoms with Crippen molar-refractivity contribution in [2.45, 2.75) is 70.8 Å². The molecule has 4 rings (SSSR count). The van der Waals surface area contributed by atoms with Crippen LogP contribution in [0, 0.1) is 11.8 Å². The molecule has 2 atom stereocenters. The number of carbonyl (C=O) groups excluding carboxylic acids is 1. The topological polar surface area (TPSA) is 95.4 Å². The molecule has 1 heterocycles. The number of nitrogens with zero attached hydrogens (tertiary/aromatic N) is 3. The zero-order chi connectivity index (χ0) is 23.4. The monoisotopic (exact) mass is 450 g/mol. The van der Waals surface area contributed by atoms with Crippen LogP contribution in [0.5, 0.6) is 0 Å². The quantitative estimate of drug-likeness (QED) is 0.578. The largest absolute Gasteiger partial charge is 0.481 e. The summed E-state index contributed by atoms with van der Waals surface area (Å²) >= 11 is 0. The summed E-state index contributed by atoms with van der Waals surface area (Å²) in [6, 6.07) is 6.60. The Hall–Kier alpha value is -2.96. The van der Waals surface area contributed by atoms with Crippen molar-refractivity contribution in [1.82, 2.24) is 9.97 Å². The van der Waals surface area contributed by atoms with Gasteiger partial charge >= 0.3 is 5.97 Å². The number of carboxylic acid groups (broad SMARTS) is 1. The van der Waals surface area contributed by atoms with E-state index >= 15 is 0 Å². The summed E-state index contributed by atoms with van der Waals surface area (Å²) in [6.45, 7) is 5.36. The summed E-state index contributed by atoms with van der Waals surface area (Å²) in [5.74, 6) is -0.699. The molecule has 2 fully saturated rings. The highest BCUT2D eigenvalue weighted by atomic mass is 16.4. The molecule has 1 amide bonds. The van der Waals surface area contributed by atoms with E-state index in [1.807, 2.05) is 6.07 Å². The number of aliphatic carboxylic acids is 1. The molecule has 0 unspecified atom stereocenters. The van der Waals surface area contributed by atoms with Crippen molar-refractivity contribution in [2.24, 2.45) is 11.8 Å². The smallest absolute Gasteiger partial charge is 0.307 e. The van der Waals surface area contributed by atoms with Crippen LogP contribution in [0.1, 0.15) is 69.4 Å². The van der Waals surface area contributed by atoms with Gasteiger partial charge in [-0.2, -0.15) is 0 Å². The van der Waals surface area contributed by atoms with E-state index in [0.29, 0.717) is 18.4 Å². The summed E-state index contributed by atoms with van der Waals surface area (Å²) in [5, 5.41) is 12.5. The minimum absolute atomic E-state index is 0.0166. The predicted molar refractivity (Wildman–Crippen MR) is 128 cm³/mol. The molecule has 2 N–H and O–H groups in total. The third-order valence-electron chi connectivity index (χ3n) is 6.70. The van der Waals surface area contributed by atoms with E-state index in [9.17, 15) is 14.7 Å². The number of benzene rings is 1. The molecular weight excluding hydrogens is 416 g/mol. The van der Waals surface area contributed by atoms with Gasteiger partial charge in [0.2, 0.25) is 5.91 Å². The van der Waals surface area contributed by atoms with Crippen LogP contribution in [0.3, 0.4) is 0 Å². The van der Waals surface area contributed by atoms with Gasteiger partial charge in [0, 0.05) is 25.0 Å². The first-order valence-corrected chi connectivity index (χ1v) is 12.1. The lowest BCUT2D eigenvalue weighted by atomic mass is 9.92. The van der Waals surface area contributed by atoms with Crippen LogP contribution >= 0.6 is 0 Å². The minimum atomic E-state index is -0.748. The van der Waals surface area contributed by atoms with Gasteiger partial charge in [0.15, 0.2) is 0 Å². The Bertz CT molecular complexity index is 973. The summed E-state index contributed by atoms with van der Waals surface area (Å²) < 4.78 is 0. The molecule has 2 aliphatic rings. The predicted octanol–water partition coefficient (Wildman–Crippen LogP) is 4.64. The Morgan fingerprint density at radius 2 is 1.88 bits per heavy atom. The lowest BCUT2D eigenvalue weighted by molar-refractivity contribution is -0.138. The van der Waals surface area contributed by atoms with Crippen LogP contribution in [0.25, 0.3) is 0 Å². The van der Waals surface area contributed by atoms with Gasteiger partial charge in [-0.3, -0.25) is 9.59 Å².